The van der Waals surface area contributed by atoms with Crippen LogP contribution in [0.5, 0.6) is 0 Å². The number of nitrogens with one attached hydrogen (secondary N) is 1. The van der Waals surface area contributed by atoms with Gasteiger partial charge in [0, 0.05) is 16.0 Å². The number of nitrogens with zero attached hydrogens (tertiary/aromatic N) is 1. The van der Waals surface area contributed by atoms with Gasteiger partial charge >= 0.3 is 0 Å². The van der Waals surface area contributed by atoms with Gasteiger partial charge in [-0.1, -0.05) is 12.2 Å². The average molecular weight is 240 g/mol. The summed E-state index contributed by atoms with van der Waals surface area (Å²) in [6, 6.07) is 0. The van der Waals surface area contributed by atoms with E-state index < -0.39 is 0 Å². The number of hydrogen-bond donors (Lipinski definition) is 1. The number of thioether (sulfide) groups is 1. The number of H-pyrrole nitrogens is 1. The molecule has 1 N–H and O–H groups in total. The van der Waals surface area contributed by atoms with E-state index in [1.54, 1.807) is 17.7 Å². The Morgan fingerprint density at radius 2 is 2.43 bits per heavy atom. The summed E-state index contributed by atoms with van der Waals surface area (Å²) in [5, 5.41) is 1.20. The Labute approximate surface area is 94.8 Å². The number of aryl methyl sites for hydroxylation is 1. The van der Waals surface area contributed by atoms with Crippen molar-refractivity contribution in [3.63, 3.8) is 0 Å². The Kier molecular flexibility index (Phi) is 2.11. The topological polar surface area (TPSA) is 28.7 Å². The second-order valence-electron chi connectivity index (χ2n) is 3.22. The molecule has 2 aromatic heterocycles. The van der Waals surface area contributed by atoms with Crippen LogP contribution >= 0.6 is 35.3 Å². The molecule has 3 rings (SSSR count). The molecular formula is C9H8N2S3. The molecule has 2 aromatic rings. The summed E-state index contributed by atoms with van der Waals surface area (Å²) in [7, 11) is 0. The van der Waals surface area contributed by atoms with Gasteiger partial charge in [0.05, 0.1) is 6.33 Å². The van der Waals surface area contributed by atoms with Gasteiger partial charge in [0.2, 0.25) is 0 Å². The lowest BCUT2D eigenvalue weighted by atomic mass is 10.1. The quantitative estimate of drug-likeness (QED) is 0.717. The van der Waals surface area contributed by atoms with Crippen LogP contribution in [0.15, 0.2) is 6.33 Å². The zero-order valence-electron chi connectivity index (χ0n) is 7.37. The maximum atomic E-state index is 5.30. The fraction of sp³-hybridized carbons (Fsp3) is 0.333. The van der Waals surface area contributed by atoms with Gasteiger partial charge in [0.15, 0.2) is 0 Å². The van der Waals surface area contributed by atoms with Gasteiger partial charge in [-0.15, -0.1) is 11.3 Å². The zero-order valence-corrected chi connectivity index (χ0v) is 9.82. The average Bonchev–Trinajstić information content (AvgIpc) is 2.57. The fourth-order valence-corrected chi connectivity index (χ4v) is 4.43. The first-order chi connectivity index (χ1) is 6.86. The lowest BCUT2D eigenvalue weighted by Crippen LogP contribution is -1.98. The van der Waals surface area contributed by atoms with Crippen LogP contribution in [0.1, 0.15) is 10.4 Å². The number of aromatic nitrogens is 2. The van der Waals surface area contributed by atoms with Gasteiger partial charge in [0.1, 0.15) is 9.47 Å². The molecular weight excluding hydrogens is 232 g/mol. The third-order valence-corrected chi connectivity index (χ3v) is 5.04. The molecule has 1 aliphatic rings. The smallest absolute Gasteiger partial charge is 0.128 e. The second-order valence-corrected chi connectivity index (χ2v) is 5.82. The summed E-state index contributed by atoms with van der Waals surface area (Å²) >= 11 is 9.09. The number of hydrogen-bond acceptors (Lipinski definition) is 4. The predicted molar refractivity (Wildman–Crippen MR) is 64.7 cm³/mol. The van der Waals surface area contributed by atoms with Gasteiger partial charge in [-0.3, -0.25) is 0 Å². The van der Waals surface area contributed by atoms with Crippen LogP contribution in [0.2, 0.25) is 0 Å². The fourth-order valence-electron chi connectivity index (χ4n) is 1.76. The van der Waals surface area contributed by atoms with Crippen LogP contribution in [-0.4, -0.2) is 15.7 Å². The lowest BCUT2D eigenvalue weighted by Gasteiger charge is -2.09. The highest BCUT2D eigenvalue weighted by Crippen LogP contribution is 2.36. The van der Waals surface area contributed by atoms with E-state index >= 15 is 0 Å². The third kappa shape index (κ3) is 1.23. The second kappa shape index (κ2) is 3.32. The number of thiophene rings is 1. The maximum absolute atomic E-state index is 5.30. The monoisotopic (exact) mass is 240 g/mol. The Hall–Kier alpha value is -0.390. The van der Waals surface area contributed by atoms with E-state index in [1.807, 2.05) is 11.8 Å². The predicted octanol–water partition coefficient (Wildman–Crippen LogP) is 3.14. The summed E-state index contributed by atoms with van der Waals surface area (Å²) < 4.78 is 0.847. The van der Waals surface area contributed by atoms with Crippen LogP contribution in [0, 0.1) is 4.64 Å². The minimum atomic E-state index is 0.847. The van der Waals surface area contributed by atoms with E-state index in [0.717, 1.165) is 21.6 Å². The van der Waals surface area contributed by atoms with Crippen molar-refractivity contribution in [3.8, 4) is 0 Å². The van der Waals surface area contributed by atoms with Gasteiger partial charge in [-0.25, -0.2) is 4.98 Å². The molecule has 0 aliphatic carbocycles. The molecule has 0 atom stereocenters. The number of rotatable bonds is 0. The molecule has 0 bridgehead atoms. The minimum absolute atomic E-state index is 0.847. The maximum Gasteiger partial charge on any atom is 0.128 e. The van der Waals surface area contributed by atoms with Crippen LogP contribution in [0.25, 0.3) is 10.2 Å². The Morgan fingerprint density at radius 1 is 1.50 bits per heavy atom. The van der Waals surface area contributed by atoms with Gasteiger partial charge in [-0.2, -0.15) is 11.8 Å². The van der Waals surface area contributed by atoms with Crippen molar-refractivity contribution in [1.82, 2.24) is 9.97 Å². The van der Waals surface area contributed by atoms with Crippen molar-refractivity contribution in [2.75, 3.05) is 5.75 Å². The molecule has 0 saturated carbocycles. The van der Waals surface area contributed by atoms with E-state index in [2.05, 4.69) is 9.97 Å². The first-order valence-electron chi connectivity index (χ1n) is 4.42. The molecule has 0 radical (unpaired) electrons. The summed E-state index contributed by atoms with van der Waals surface area (Å²) in [6.45, 7) is 0. The molecule has 5 heteroatoms. The molecule has 72 valence electrons. The molecule has 0 unspecified atom stereocenters. The molecule has 0 fully saturated rings. The summed E-state index contributed by atoms with van der Waals surface area (Å²) in [5.74, 6) is 2.34. The van der Waals surface area contributed by atoms with Crippen molar-refractivity contribution < 1.29 is 0 Å². The molecule has 3 heterocycles. The molecule has 0 amide bonds. The summed E-state index contributed by atoms with van der Waals surface area (Å²) in [6.07, 6.45) is 2.84. The minimum Gasteiger partial charge on any atom is -0.337 e. The van der Waals surface area contributed by atoms with Crippen LogP contribution in [0.4, 0.5) is 0 Å². The largest absolute Gasteiger partial charge is 0.337 e. The number of fused-ring (bicyclic) bond motifs is 3. The first-order valence-corrected chi connectivity index (χ1v) is 6.80. The van der Waals surface area contributed by atoms with Crippen molar-refractivity contribution in [2.24, 2.45) is 0 Å². The molecule has 0 spiro atoms. The SMILES string of the molecule is S=c1[nH]cnc2sc3c(c12)CCSC3. The van der Waals surface area contributed by atoms with Crippen molar-refractivity contribution in [2.45, 2.75) is 12.2 Å². The van der Waals surface area contributed by atoms with Crippen LogP contribution in [0.3, 0.4) is 0 Å². The van der Waals surface area contributed by atoms with Crippen molar-refractivity contribution >= 4 is 45.5 Å². The van der Waals surface area contributed by atoms with E-state index in [-0.39, 0.29) is 0 Å². The van der Waals surface area contributed by atoms with Gasteiger partial charge < -0.3 is 4.98 Å². The van der Waals surface area contributed by atoms with Crippen molar-refractivity contribution in [1.29, 1.82) is 0 Å². The highest BCUT2D eigenvalue weighted by molar-refractivity contribution is 7.98. The normalized spacial score (nSPS) is 15.7. The molecule has 2 nitrogen and oxygen atoms in total. The van der Waals surface area contributed by atoms with Gasteiger partial charge in [-0.05, 0) is 17.7 Å². The molecule has 0 saturated heterocycles. The summed E-state index contributed by atoms with van der Waals surface area (Å²) in [5.41, 5.74) is 1.44. The third-order valence-electron chi connectivity index (χ3n) is 2.41. The van der Waals surface area contributed by atoms with E-state index in [1.165, 1.54) is 21.6 Å². The van der Waals surface area contributed by atoms with E-state index in [0.29, 0.717) is 0 Å². The zero-order chi connectivity index (χ0) is 9.54. The Morgan fingerprint density at radius 3 is 3.36 bits per heavy atom. The standard InChI is InChI=1S/C9H8N2S3/c12-8-7-5-1-2-13-3-6(5)14-9(7)11-4-10-8/h4H,1-3H2,(H,10,11,12). The highest BCUT2D eigenvalue weighted by atomic mass is 32.2. The first kappa shape index (κ1) is 8.88. The molecule has 1 aliphatic heterocycles. The Bertz CT molecular complexity index is 540. The van der Waals surface area contributed by atoms with Crippen molar-refractivity contribution in [3.05, 3.63) is 21.4 Å². The van der Waals surface area contributed by atoms with E-state index in [4.69, 9.17) is 12.2 Å². The Balaban J connectivity index is 2.44. The number of aromatic amines is 1. The van der Waals surface area contributed by atoms with E-state index in [9.17, 15) is 0 Å². The highest BCUT2D eigenvalue weighted by Gasteiger charge is 2.17. The molecule has 0 aromatic carbocycles. The summed E-state index contributed by atoms with van der Waals surface area (Å²) in [4.78, 5) is 9.91. The molecule has 14 heavy (non-hydrogen) atoms. The van der Waals surface area contributed by atoms with Crippen LogP contribution in [-0.2, 0) is 12.2 Å². The lowest BCUT2D eigenvalue weighted by molar-refractivity contribution is 1.12. The van der Waals surface area contributed by atoms with Gasteiger partial charge in [0.25, 0.3) is 0 Å². The van der Waals surface area contributed by atoms with Crippen LogP contribution < -0.4 is 0 Å².